The summed E-state index contributed by atoms with van der Waals surface area (Å²) >= 11 is 0. The number of phenolic OH excluding ortho intramolecular Hbond substituents is 2. The third-order valence-electron chi connectivity index (χ3n) is 2.41. The molecule has 0 aliphatic carbocycles. The van der Waals surface area contributed by atoms with Crippen molar-refractivity contribution in [2.75, 3.05) is 7.11 Å². The number of methoxy groups -OCH3 is 1. The van der Waals surface area contributed by atoms with E-state index in [0.717, 1.165) is 0 Å². The second-order valence-corrected chi connectivity index (χ2v) is 4.05. The minimum absolute atomic E-state index is 0.197. The van der Waals surface area contributed by atoms with Crippen LogP contribution in [-0.2, 0) is 11.3 Å². The molecular formula is C11H14O5. The van der Waals surface area contributed by atoms with Gasteiger partial charge in [0.05, 0.1) is 13.7 Å². The van der Waals surface area contributed by atoms with Crippen molar-refractivity contribution in [2.45, 2.75) is 26.2 Å². The summed E-state index contributed by atoms with van der Waals surface area (Å²) in [5, 5.41) is 19.4. The molecule has 1 aromatic rings. The van der Waals surface area contributed by atoms with Crippen LogP contribution < -0.4 is 9.47 Å². The van der Waals surface area contributed by atoms with Crippen molar-refractivity contribution in [3.05, 3.63) is 11.6 Å². The average Bonchev–Trinajstić information content (AvgIpc) is 2.23. The van der Waals surface area contributed by atoms with Crippen molar-refractivity contribution in [3.63, 3.8) is 0 Å². The zero-order valence-electron chi connectivity index (χ0n) is 9.40. The van der Waals surface area contributed by atoms with Gasteiger partial charge in [-0.05, 0) is 6.07 Å². The molecule has 1 heterocycles. The molecule has 0 atom stereocenters. The van der Waals surface area contributed by atoms with Gasteiger partial charge in [0.2, 0.25) is 17.3 Å². The van der Waals surface area contributed by atoms with Crippen molar-refractivity contribution in [1.29, 1.82) is 0 Å². The molecule has 1 aromatic carbocycles. The number of hydrogen-bond acceptors (Lipinski definition) is 5. The quantitative estimate of drug-likeness (QED) is 0.714. The lowest BCUT2D eigenvalue weighted by Gasteiger charge is -2.33. The maximum absolute atomic E-state index is 9.78. The van der Waals surface area contributed by atoms with E-state index < -0.39 is 5.79 Å². The van der Waals surface area contributed by atoms with Crippen LogP contribution in [0.1, 0.15) is 19.4 Å². The lowest BCUT2D eigenvalue weighted by Crippen LogP contribution is -2.35. The number of hydrogen-bond donors (Lipinski definition) is 2. The van der Waals surface area contributed by atoms with E-state index in [1.54, 1.807) is 19.9 Å². The fourth-order valence-corrected chi connectivity index (χ4v) is 1.57. The summed E-state index contributed by atoms with van der Waals surface area (Å²) in [5.74, 6) is -1.01. The van der Waals surface area contributed by atoms with Gasteiger partial charge < -0.3 is 24.4 Å². The molecule has 0 spiro atoms. The Morgan fingerprint density at radius 2 is 2.00 bits per heavy atom. The molecule has 0 saturated carbocycles. The van der Waals surface area contributed by atoms with E-state index in [4.69, 9.17) is 14.2 Å². The van der Waals surface area contributed by atoms with E-state index in [1.807, 2.05) is 0 Å². The summed E-state index contributed by atoms with van der Waals surface area (Å²) in [4.78, 5) is 0. The van der Waals surface area contributed by atoms with Crippen LogP contribution in [0.4, 0.5) is 0 Å². The molecule has 5 nitrogen and oxygen atoms in total. The normalized spacial score (nSPS) is 17.4. The minimum atomic E-state index is -0.814. The maximum Gasteiger partial charge on any atom is 0.205 e. The Labute approximate surface area is 93.2 Å². The first kappa shape index (κ1) is 10.9. The molecule has 1 aliphatic rings. The van der Waals surface area contributed by atoms with Crippen LogP contribution in [0.2, 0.25) is 0 Å². The molecule has 0 fully saturated rings. The number of ether oxygens (including phenoxy) is 3. The highest BCUT2D eigenvalue weighted by molar-refractivity contribution is 5.61. The maximum atomic E-state index is 9.78. The third-order valence-corrected chi connectivity index (χ3v) is 2.41. The molecule has 88 valence electrons. The van der Waals surface area contributed by atoms with E-state index >= 15 is 0 Å². The predicted molar refractivity (Wildman–Crippen MR) is 55.8 cm³/mol. The summed E-state index contributed by atoms with van der Waals surface area (Å²) < 4.78 is 15.8. The number of aromatic hydroxyl groups is 2. The van der Waals surface area contributed by atoms with Crippen molar-refractivity contribution in [3.8, 4) is 23.0 Å². The molecule has 1 aliphatic heterocycles. The standard InChI is InChI=1S/C11H14O5/c1-11(2)15-5-6-4-7(14-3)8(12)9(13)10(6)16-11/h4,12-13H,5H2,1-3H3. The summed E-state index contributed by atoms with van der Waals surface area (Å²) in [6.07, 6.45) is 0. The molecule has 0 amide bonds. The van der Waals surface area contributed by atoms with Crippen molar-refractivity contribution >= 4 is 0 Å². The van der Waals surface area contributed by atoms with Gasteiger partial charge in [-0.25, -0.2) is 0 Å². The van der Waals surface area contributed by atoms with Gasteiger partial charge in [0, 0.05) is 19.4 Å². The molecule has 5 heteroatoms. The van der Waals surface area contributed by atoms with E-state index in [2.05, 4.69) is 0 Å². The van der Waals surface area contributed by atoms with Crippen LogP contribution in [0.15, 0.2) is 6.07 Å². The second kappa shape index (κ2) is 3.45. The molecule has 0 radical (unpaired) electrons. The molecule has 16 heavy (non-hydrogen) atoms. The van der Waals surface area contributed by atoms with Crippen LogP contribution in [0, 0.1) is 0 Å². The summed E-state index contributed by atoms with van der Waals surface area (Å²) in [6, 6.07) is 1.58. The largest absolute Gasteiger partial charge is 0.502 e. The van der Waals surface area contributed by atoms with Crippen LogP contribution in [-0.4, -0.2) is 23.1 Å². The van der Waals surface area contributed by atoms with Crippen LogP contribution in [0.25, 0.3) is 0 Å². The highest BCUT2D eigenvalue weighted by atomic mass is 16.7. The van der Waals surface area contributed by atoms with Crippen LogP contribution in [0.3, 0.4) is 0 Å². The molecule has 0 unspecified atom stereocenters. The Bertz CT molecular complexity index is 425. The van der Waals surface area contributed by atoms with Crippen molar-refractivity contribution in [1.82, 2.24) is 0 Å². The monoisotopic (exact) mass is 226 g/mol. The second-order valence-electron chi connectivity index (χ2n) is 4.05. The lowest BCUT2D eigenvalue weighted by atomic mass is 10.1. The van der Waals surface area contributed by atoms with Gasteiger partial charge in [-0.2, -0.15) is 0 Å². The minimum Gasteiger partial charge on any atom is -0.502 e. The Morgan fingerprint density at radius 1 is 1.31 bits per heavy atom. The fourth-order valence-electron chi connectivity index (χ4n) is 1.57. The number of rotatable bonds is 1. The molecule has 2 N–H and O–H groups in total. The van der Waals surface area contributed by atoms with Gasteiger partial charge in [0.1, 0.15) is 0 Å². The smallest absolute Gasteiger partial charge is 0.205 e. The Morgan fingerprint density at radius 3 is 2.62 bits per heavy atom. The van der Waals surface area contributed by atoms with E-state index in [-0.39, 0.29) is 23.0 Å². The van der Waals surface area contributed by atoms with Gasteiger partial charge in [-0.3, -0.25) is 0 Å². The first-order chi connectivity index (χ1) is 7.44. The topological polar surface area (TPSA) is 68.2 Å². The van der Waals surface area contributed by atoms with E-state index in [1.165, 1.54) is 7.11 Å². The van der Waals surface area contributed by atoms with Gasteiger partial charge in [0.25, 0.3) is 0 Å². The first-order valence-electron chi connectivity index (χ1n) is 4.89. The lowest BCUT2D eigenvalue weighted by molar-refractivity contribution is -0.181. The van der Waals surface area contributed by atoms with Gasteiger partial charge in [0.15, 0.2) is 11.5 Å². The Kier molecular flexibility index (Phi) is 2.35. The molecule has 0 bridgehead atoms. The Hall–Kier alpha value is -1.62. The molecule has 0 saturated heterocycles. The first-order valence-corrected chi connectivity index (χ1v) is 4.89. The highest BCUT2D eigenvalue weighted by Gasteiger charge is 2.31. The van der Waals surface area contributed by atoms with Crippen molar-refractivity contribution < 1.29 is 24.4 Å². The number of phenols is 2. The van der Waals surface area contributed by atoms with Crippen molar-refractivity contribution in [2.24, 2.45) is 0 Å². The Balaban J connectivity index is 2.53. The third kappa shape index (κ3) is 1.63. The van der Waals surface area contributed by atoms with Gasteiger partial charge in [-0.1, -0.05) is 0 Å². The zero-order chi connectivity index (χ0) is 11.9. The summed E-state index contributed by atoms with van der Waals surface area (Å²) in [7, 11) is 1.41. The van der Waals surface area contributed by atoms with E-state index in [9.17, 15) is 10.2 Å². The van der Waals surface area contributed by atoms with E-state index in [0.29, 0.717) is 12.2 Å². The highest BCUT2D eigenvalue weighted by Crippen LogP contribution is 2.48. The zero-order valence-corrected chi connectivity index (χ0v) is 9.40. The summed E-state index contributed by atoms with van der Waals surface area (Å²) in [5.41, 5.74) is 0.645. The van der Waals surface area contributed by atoms with Crippen LogP contribution >= 0.6 is 0 Å². The van der Waals surface area contributed by atoms with Gasteiger partial charge in [-0.15, -0.1) is 0 Å². The molecular weight excluding hydrogens is 212 g/mol. The molecule has 2 rings (SSSR count). The average molecular weight is 226 g/mol. The molecule has 0 aromatic heterocycles. The predicted octanol–water partition coefficient (Wildman–Crippen LogP) is 1.75. The number of benzene rings is 1. The summed E-state index contributed by atoms with van der Waals surface area (Å²) in [6.45, 7) is 3.76. The van der Waals surface area contributed by atoms with Crippen LogP contribution in [0.5, 0.6) is 23.0 Å². The fraction of sp³-hybridized carbons (Fsp3) is 0.455. The SMILES string of the molecule is COc1cc2c(c(O)c1O)OC(C)(C)OC2. The number of fused-ring (bicyclic) bond motifs is 1. The van der Waals surface area contributed by atoms with Gasteiger partial charge >= 0.3 is 0 Å².